The molecule has 1 atom stereocenters. The molecule has 0 heterocycles. The number of ether oxygens (including phenoxy) is 1. The van der Waals surface area contributed by atoms with Crippen LogP contribution in [-0.4, -0.2) is 18.3 Å². The molecule has 4 heteroatoms. The van der Waals surface area contributed by atoms with Crippen LogP contribution in [0.4, 0.5) is 0 Å². The van der Waals surface area contributed by atoms with Gasteiger partial charge in [-0.15, -0.1) is 0 Å². The van der Waals surface area contributed by atoms with E-state index in [1.165, 1.54) is 0 Å². The van der Waals surface area contributed by atoms with Crippen LogP contribution in [0.15, 0.2) is 18.2 Å². The van der Waals surface area contributed by atoms with Crippen LogP contribution >= 0.6 is 11.6 Å². The van der Waals surface area contributed by atoms with Gasteiger partial charge >= 0.3 is 0 Å². The molecule has 14 heavy (non-hydrogen) atoms. The van der Waals surface area contributed by atoms with E-state index < -0.39 is 0 Å². The van der Waals surface area contributed by atoms with Gasteiger partial charge in [0.2, 0.25) is 0 Å². The van der Waals surface area contributed by atoms with Crippen molar-refractivity contribution in [3.8, 4) is 5.75 Å². The van der Waals surface area contributed by atoms with Gasteiger partial charge in [-0.1, -0.05) is 17.7 Å². The molecule has 0 aliphatic heterocycles. The Bertz CT molecular complexity index is 302. The van der Waals surface area contributed by atoms with Crippen molar-refractivity contribution >= 4 is 11.6 Å². The summed E-state index contributed by atoms with van der Waals surface area (Å²) in [6, 6.07) is 5.36. The third-order valence-corrected chi connectivity index (χ3v) is 2.13. The van der Waals surface area contributed by atoms with Gasteiger partial charge in [0.05, 0.1) is 11.6 Å². The summed E-state index contributed by atoms with van der Waals surface area (Å²) in [5, 5.41) is 9.09. The van der Waals surface area contributed by atoms with Crippen molar-refractivity contribution in [1.29, 1.82) is 0 Å². The fourth-order valence-electron chi connectivity index (χ4n) is 1.07. The fraction of sp³-hybridized carbons (Fsp3) is 0.400. The molecule has 0 radical (unpaired) electrons. The first-order valence-electron chi connectivity index (χ1n) is 4.44. The Balaban J connectivity index is 2.79. The Hall–Kier alpha value is -0.770. The SMILES string of the molecule is C[C@@H](N)c1ccc(OCCO)c(Cl)c1. The van der Waals surface area contributed by atoms with E-state index in [0.29, 0.717) is 10.8 Å². The second-order valence-corrected chi connectivity index (χ2v) is 3.46. The molecule has 1 aromatic carbocycles. The zero-order valence-electron chi connectivity index (χ0n) is 8.03. The first-order chi connectivity index (χ1) is 6.65. The minimum atomic E-state index is -0.0422. The van der Waals surface area contributed by atoms with Crippen LogP contribution in [0.1, 0.15) is 18.5 Å². The van der Waals surface area contributed by atoms with Gasteiger partial charge < -0.3 is 15.6 Å². The minimum Gasteiger partial charge on any atom is -0.490 e. The molecule has 0 amide bonds. The summed E-state index contributed by atoms with van der Waals surface area (Å²) in [6.45, 7) is 2.11. The van der Waals surface area contributed by atoms with Gasteiger partial charge in [-0.25, -0.2) is 0 Å². The highest BCUT2D eigenvalue weighted by atomic mass is 35.5. The largest absolute Gasteiger partial charge is 0.490 e. The first-order valence-corrected chi connectivity index (χ1v) is 4.81. The smallest absolute Gasteiger partial charge is 0.138 e. The lowest BCUT2D eigenvalue weighted by atomic mass is 10.1. The third kappa shape index (κ3) is 2.87. The Morgan fingerprint density at radius 1 is 1.57 bits per heavy atom. The maximum atomic E-state index is 8.57. The summed E-state index contributed by atoms with van der Waals surface area (Å²) in [5.74, 6) is 0.574. The molecule has 0 aromatic heterocycles. The topological polar surface area (TPSA) is 55.5 Å². The number of hydrogen-bond acceptors (Lipinski definition) is 3. The van der Waals surface area contributed by atoms with Crippen LogP contribution < -0.4 is 10.5 Å². The van der Waals surface area contributed by atoms with Crippen molar-refractivity contribution in [2.75, 3.05) is 13.2 Å². The van der Waals surface area contributed by atoms with E-state index in [1.54, 1.807) is 12.1 Å². The maximum Gasteiger partial charge on any atom is 0.138 e. The van der Waals surface area contributed by atoms with Gasteiger partial charge in [-0.2, -0.15) is 0 Å². The number of hydrogen-bond donors (Lipinski definition) is 2. The number of rotatable bonds is 4. The summed E-state index contributed by atoms with van der Waals surface area (Å²) >= 11 is 5.95. The van der Waals surface area contributed by atoms with E-state index in [2.05, 4.69) is 0 Å². The lowest BCUT2D eigenvalue weighted by molar-refractivity contribution is 0.201. The van der Waals surface area contributed by atoms with Crippen molar-refractivity contribution in [1.82, 2.24) is 0 Å². The number of benzene rings is 1. The fourth-order valence-corrected chi connectivity index (χ4v) is 1.32. The minimum absolute atomic E-state index is 0.0224. The average Bonchev–Trinajstić information content (AvgIpc) is 2.15. The highest BCUT2D eigenvalue weighted by Crippen LogP contribution is 2.27. The van der Waals surface area contributed by atoms with E-state index in [1.807, 2.05) is 13.0 Å². The predicted molar refractivity (Wildman–Crippen MR) is 56.6 cm³/mol. The molecule has 3 nitrogen and oxygen atoms in total. The Morgan fingerprint density at radius 2 is 2.29 bits per heavy atom. The summed E-state index contributed by atoms with van der Waals surface area (Å²) in [5.41, 5.74) is 6.66. The van der Waals surface area contributed by atoms with Crippen molar-refractivity contribution in [2.45, 2.75) is 13.0 Å². The molecule has 1 rings (SSSR count). The molecular weight excluding hydrogens is 202 g/mol. The lowest BCUT2D eigenvalue weighted by Gasteiger charge is -2.10. The summed E-state index contributed by atoms with van der Waals surface area (Å²) in [7, 11) is 0. The second-order valence-electron chi connectivity index (χ2n) is 3.05. The van der Waals surface area contributed by atoms with Crippen molar-refractivity contribution < 1.29 is 9.84 Å². The molecule has 0 bridgehead atoms. The second kappa shape index (κ2) is 5.20. The molecular formula is C10H14ClNO2. The van der Waals surface area contributed by atoms with Crippen LogP contribution in [0.2, 0.25) is 5.02 Å². The number of aliphatic hydroxyl groups is 1. The van der Waals surface area contributed by atoms with E-state index in [4.69, 9.17) is 27.2 Å². The van der Waals surface area contributed by atoms with E-state index in [-0.39, 0.29) is 19.3 Å². The van der Waals surface area contributed by atoms with Crippen molar-refractivity contribution in [3.63, 3.8) is 0 Å². The molecule has 0 spiro atoms. The highest BCUT2D eigenvalue weighted by Gasteiger charge is 2.05. The zero-order valence-corrected chi connectivity index (χ0v) is 8.79. The van der Waals surface area contributed by atoms with Gasteiger partial charge in [-0.05, 0) is 24.6 Å². The monoisotopic (exact) mass is 215 g/mol. The number of halogens is 1. The molecule has 78 valence electrons. The maximum absolute atomic E-state index is 8.57. The highest BCUT2D eigenvalue weighted by molar-refractivity contribution is 6.32. The van der Waals surface area contributed by atoms with Crippen molar-refractivity contribution in [2.24, 2.45) is 5.73 Å². The molecule has 0 aliphatic rings. The molecule has 0 unspecified atom stereocenters. The number of nitrogens with two attached hydrogens (primary N) is 1. The molecule has 3 N–H and O–H groups in total. The predicted octanol–water partition coefficient (Wildman–Crippen LogP) is 1.73. The van der Waals surface area contributed by atoms with Gasteiger partial charge in [0, 0.05) is 6.04 Å². The summed E-state index contributed by atoms with van der Waals surface area (Å²) in [6.07, 6.45) is 0. The summed E-state index contributed by atoms with van der Waals surface area (Å²) < 4.78 is 5.20. The molecule has 0 saturated carbocycles. The van der Waals surface area contributed by atoms with Crippen molar-refractivity contribution in [3.05, 3.63) is 28.8 Å². The Kier molecular flexibility index (Phi) is 4.20. The van der Waals surface area contributed by atoms with Gasteiger partial charge in [0.15, 0.2) is 0 Å². The van der Waals surface area contributed by atoms with E-state index in [9.17, 15) is 0 Å². The van der Waals surface area contributed by atoms with Crippen LogP contribution in [0.5, 0.6) is 5.75 Å². The molecule has 0 saturated heterocycles. The Morgan fingerprint density at radius 3 is 2.79 bits per heavy atom. The Labute approximate surface area is 88.4 Å². The lowest BCUT2D eigenvalue weighted by Crippen LogP contribution is -2.06. The van der Waals surface area contributed by atoms with Crippen LogP contribution in [0.25, 0.3) is 0 Å². The third-order valence-electron chi connectivity index (χ3n) is 1.83. The normalized spacial score (nSPS) is 12.6. The quantitative estimate of drug-likeness (QED) is 0.805. The van der Waals surface area contributed by atoms with Crippen LogP contribution in [0, 0.1) is 0 Å². The zero-order chi connectivity index (χ0) is 10.6. The number of aliphatic hydroxyl groups excluding tert-OH is 1. The van der Waals surface area contributed by atoms with Gasteiger partial charge in [-0.3, -0.25) is 0 Å². The molecule has 1 aromatic rings. The van der Waals surface area contributed by atoms with Gasteiger partial charge in [0.1, 0.15) is 12.4 Å². The molecule has 0 fully saturated rings. The van der Waals surface area contributed by atoms with E-state index in [0.717, 1.165) is 5.56 Å². The standard InChI is InChI=1S/C10H14ClNO2/c1-7(12)8-2-3-10(9(11)6-8)14-5-4-13/h2-3,6-7,13H,4-5,12H2,1H3/t7-/m1/s1. The van der Waals surface area contributed by atoms with Crippen LogP contribution in [-0.2, 0) is 0 Å². The van der Waals surface area contributed by atoms with E-state index >= 15 is 0 Å². The van der Waals surface area contributed by atoms with Crippen LogP contribution in [0.3, 0.4) is 0 Å². The first kappa shape index (κ1) is 11.3. The van der Waals surface area contributed by atoms with Gasteiger partial charge in [0.25, 0.3) is 0 Å². The summed E-state index contributed by atoms with van der Waals surface area (Å²) in [4.78, 5) is 0. The molecule has 0 aliphatic carbocycles. The average molecular weight is 216 g/mol.